The summed E-state index contributed by atoms with van der Waals surface area (Å²) >= 11 is 3.05. The maximum atomic E-state index is 13.7. The van der Waals surface area contributed by atoms with Crippen LogP contribution in [0.5, 0.6) is 0 Å². The first kappa shape index (κ1) is 19.3. The first-order chi connectivity index (χ1) is 13.8. The lowest BCUT2D eigenvalue weighted by molar-refractivity contribution is -0.0187. The Kier molecular flexibility index (Phi) is 6.53. The molecule has 1 fully saturated rings. The number of ether oxygens (including phenoxy) is 1. The molecule has 2 aromatic carbocycles. The number of rotatable bonds is 7. The molecule has 0 spiro atoms. The molecule has 1 aliphatic heterocycles. The van der Waals surface area contributed by atoms with E-state index in [0.29, 0.717) is 10.8 Å². The van der Waals surface area contributed by atoms with Crippen molar-refractivity contribution in [2.45, 2.75) is 17.0 Å². The van der Waals surface area contributed by atoms with Gasteiger partial charge in [-0.05, 0) is 17.7 Å². The van der Waals surface area contributed by atoms with Crippen LogP contribution in [0.15, 0.2) is 58.9 Å². The highest BCUT2D eigenvalue weighted by Crippen LogP contribution is 2.29. The van der Waals surface area contributed by atoms with Gasteiger partial charge in [0.25, 0.3) is 0 Å². The number of morpholine rings is 1. The summed E-state index contributed by atoms with van der Waals surface area (Å²) < 4.78 is 20.5. The number of anilines is 2. The third-order valence-corrected chi connectivity index (χ3v) is 6.49. The number of benzene rings is 2. The molecule has 1 aromatic heterocycles. The maximum Gasteiger partial charge on any atom is 0.210 e. The second-order valence-corrected chi connectivity index (χ2v) is 8.75. The fourth-order valence-corrected chi connectivity index (χ4v) is 4.82. The van der Waals surface area contributed by atoms with Gasteiger partial charge in [-0.1, -0.05) is 65.6 Å². The Bertz CT molecular complexity index is 893. The Morgan fingerprint density at radius 1 is 1.14 bits per heavy atom. The lowest BCUT2D eigenvalue weighted by Gasteiger charge is -2.32. The van der Waals surface area contributed by atoms with E-state index < -0.39 is 0 Å². The number of thioether (sulfide) groups is 1. The standard InChI is InChI=1S/C20H21FN4OS2/c21-17-8-4-5-9-18(17)22-19-23-24-20(28-19)27-14-16-13-25(10-11-26-16)12-15-6-2-1-3-7-15/h1-9,16H,10-14H2,(H,22,23). The van der Waals surface area contributed by atoms with Gasteiger partial charge in [0, 0.05) is 25.4 Å². The number of aromatic nitrogens is 2. The predicted octanol–water partition coefficient (Wildman–Crippen LogP) is 4.41. The summed E-state index contributed by atoms with van der Waals surface area (Å²) in [4.78, 5) is 2.43. The Morgan fingerprint density at radius 2 is 1.96 bits per heavy atom. The molecule has 0 bridgehead atoms. The van der Waals surface area contributed by atoms with E-state index in [9.17, 15) is 4.39 Å². The van der Waals surface area contributed by atoms with Crippen molar-refractivity contribution in [2.24, 2.45) is 0 Å². The van der Waals surface area contributed by atoms with Crippen LogP contribution in [0.2, 0.25) is 0 Å². The maximum absolute atomic E-state index is 13.7. The van der Waals surface area contributed by atoms with E-state index >= 15 is 0 Å². The van der Waals surface area contributed by atoms with Crippen molar-refractivity contribution in [1.82, 2.24) is 15.1 Å². The van der Waals surface area contributed by atoms with Gasteiger partial charge in [-0.25, -0.2) is 4.39 Å². The van der Waals surface area contributed by atoms with E-state index in [2.05, 4.69) is 44.7 Å². The first-order valence-corrected chi connectivity index (χ1v) is 10.9. The normalized spacial score (nSPS) is 17.5. The Balaban J connectivity index is 1.27. The van der Waals surface area contributed by atoms with Crippen molar-refractivity contribution < 1.29 is 9.13 Å². The monoisotopic (exact) mass is 416 g/mol. The number of hydrogen-bond acceptors (Lipinski definition) is 7. The van der Waals surface area contributed by atoms with Crippen molar-refractivity contribution >= 4 is 33.9 Å². The molecule has 8 heteroatoms. The van der Waals surface area contributed by atoms with E-state index in [0.717, 1.165) is 36.3 Å². The Hall–Kier alpha value is -2.00. The van der Waals surface area contributed by atoms with Crippen LogP contribution in [0.4, 0.5) is 15.2 Å². The van der Waals surface area contributed by atoms with Gasteiger partial charge in [-0.15, -0.1) is 10.2 Å². The van der Waals surface area contributed by atoms with Crippen molar-refractivity contribution in [2.75, 3.05) is 30.8 Å². The Morgan fingerprint density at radius 3 is 2.82 bits per heavy atom. The highest BCUT2D eigenvalue weighted by molar-refractivity contribution is 8.01. The summed E-state index contributed by atoms with van der Waals surface area (Å²) in [7, 11) is 0. The quantitative estimate of drug-likeness (QED) is 0.576. The van der Waals surface area contributed by atoms with E-state index in [1.807, 2.05) is 6.07 Å². The molecule has 1 saturated heterocycles. The molecule has 0 radical (unpaired) electrons. The lowest BCUT2D eigenvalue weighted by atomic mass is 10.2. The predicted molar refractivity (Wildman–Crippen MR) is 112 cm³/mol. The minimum atomic E-state index is -0.305. The minimum absolute atomic E-state index is 0.161. The van der Waals surface area contributed by atoms with Crippen LogP contribution >= 0.6 is 23.1 Å². The van der Waals surface area contributed by atoms with Crippen LogP contribution in [-0.4, -0.2) is 46.7 Å². The molecule has 5 nitrogen and oxygen atoms in total. The zero-order valence-corrected chi connectivity index (χ0v) is 16.9. The minimum Gasteiger partial charge on any atom is -0.375 e. The van der Waals surface area contributed by atoms with Gasteiger partial charge in [0.2, 0.25) is 5.13 Å². The number of halogens is 1. The third-order valence-electron chi connectivity index (χ3n) is 4.39. The summed E-state index contributed by atoms with van der Waals surface area (Å²) in [5.74, 6) is 0.514. The van der Waals surface area contributed by atoms with Crippen molar-refractivity contribution in [3.8, 4) is 0 Å². The van der Waals surface area contributed by atoms with Gasteiger partial charge >= 0.3 is 0 Å². The summed E-state index contributed by atoms with van der Waals surface area (Å²) in [5, 5.41) is 11.9. The first-order valence-electron chi connectivity index (χ1n) is 9.12. The molecule has 1 N–H and O–H groups in total. The van der Waals surface area contributed by atoms with Crippen LogP contribution in [-0.2, 0) is 11.3 Å². The highest BCUT2D eigenvalue weighted by atomic mass is 32.2. The smallest absolute Gasteiger partial charge is 0.210 e. The summed E-state index contributed by atoms with van der Waals surface area (Å²) in [6.07, 6.45) is 0.161. The molecule has 1 atom stereocenters. The molecule has 1 aliphatic rings. The van der Waals surface area contributed by atoms with E-state index in [4.69, 9.17) is 4.74 Å². The van der Waals surface area contributed by atoms with Gasteiger partial charge in [0.15, 0.2) is 4.34 Å². The highest BCUT2D eigenvalue weighted by Gasteiger charge is 2.21. The summed E-state index contributed by atoms with van der Waals surface area (Å²) in [5.41, 5.74) is 1.73. The molecule has 1 unspecified atom stereocenters. The zero-order chi connectivity index (χ0) is 19.2. The average Bonchev–Trinajstić information content (AvgIpc) is 3.17. The van der Waals surface area contributed by atoms with Crippen molar-refractivity contribution in [3.05, 3.63) is 66.0 Å². The molecular formula is C20H21FN4OS2. The van der Waals surface area contributed by atoms with Gasteiger partial charge in [-0.2, -0.15) is 0 Å². The summed E-state index contributed by atoms with van der Waals surface area (Å²) in [6.45, 7) is 3.54. The van der Waals surface area contributed by atoms with Gasteiger partial charge in [-0.3, -0.25) is 4.90 Å². The van der Waals surface area contributed by atoms with Crippen LogP contribution in [0.25, 0.3) is 0 Å². The Labute approximate surface area is 171 Å². The lowest BCUT2D eigenvalue weighted by Crippen LogP contribution is -2.43. The molecule has 2 heterocycles. The van der Waals surface area contributed by atoms with Crippen LogP contribution < -0.4 is 5.32 Å². The van der Waals surface area contributed by atoms with E-state index in [-0.39, 0.29) is 11.9 Å². The molecule has 0 aliphatic carbocycles. The number of nitrogens with one attached hydrogen (secondary N) is 1. The molecule has 4 rings (SSSR count). The van der Waals surface area contributed by atoms with Crippen molar-refractivity contribution in [3.63, 3.8) is 0 Å². The fraction of sp³-hybridized carbons (Fsp3) is 0.300. The average molecular weight is 417 g/mol. The molecule has 146 valence electrons. The van der Waals surface area contributed by atoms with Gasteiger partial charge < -0.3 is 10.1 Å². The van der Waals surface area contributed by atoms with Crippen molar-refractivity contribution in [1.29, 1.82) is 0 Å². The van der Waals surface area contributed by atoms with Crippen LogP contribution in [0, 0.1) is 5.82 Å². The molecular weight excluding hydrogens is 395 g/mol. The summed E-state index contributed by atoms with van der Waals surface area (Å²) in [6, 6.07) is 17.0. The van der Waals surface area contributed by atoms with E-state index in [1.165, 1.54) is 23.0 Å². The van der Waals surface area contributed by atoms with Gasteiger partial charge in [0.05, 0.1) is 18.4 Å². The molecule has 0 amide bonds. The van der Waals surface area contributed by atoms with Gasteiger partial charge in [0.1, 0.15) is 5.82 Å². The number of hydrogen-bond donors (Lipinski definition) is 1. The third kappa shape index (κ3) is 5.29. The van der Waals surface area contributed by atoms with Crippen LogP contribution in [0.3, 0.4) is 0 Å². The second kappa shape index (κ2) is 9.47. The molecule has 28 heavy (non-hydrogen) atoms. The molecule has 0 saturated carbocycles. The topological polar surface area (TPSA) is 50.3 Å². The number of nitrogens with zero attached hydrogens (tertiary/aromatic N) is 3. The largest absolute Gasteiger partial charge is 0.375 e. The number of para-hydroxylation sites is 1. The zero-order valence-electron chi connectivity index (χ0n) is 15.3. The second-order valence-electron chi connectivity index (χ2n) is 6.50. The molecule has 3 aromatic rings. The SMILES string of the molecule is Fc1ccccc1Nc1nnc(SCC2CN(Cc3ccccc3)CCO2)s1. The van der Waals surface area contributed by atoms with Crippen LogP contribution in [0.1, 0.15) is 5.56 Å². The fourth-order valence-electron chi connectivity index (χ4n) is 3.03. The van der Waals surface area contributed by atoms with E-state index in [1.54, 1.807) is 30.0 Å².